The van der Waals surface area contributed by atoms with Gasteiger partial charge in [-0.1, -0.05) is 32.1 Å². The van der Waals surface area contributed by atoms with Crippen LogP contribution in [0.3, 0.4) is 0 Å². The van der Waals surface area contributed by atoms with Crippen molar-refractivity contribution in [2.24, 2.45) is 5.92 Å². The predicted molar refractivity (Wildman–Crippen MR) is 95.8 cm³/mol. The molecule has 0 atom stereocenters. The van der Waals surface area contributed by atoms with Crippen molar-refractivity contribution in [3.63, 3.8) is 0 Å². The lowest BCUT2D eigenvalue weighted by atomic mass is 9.86. The molecule has 1 N–H and O–H groups in total. The van der Waals surface area contributed by atoms with Gasteiger partial charge in [0.15, 0.2) is 0 Å². The van der Waals surface area contributed by atoms with Crippen molar-refractivity contribution >= 4 is 11.0 Å². The molecule has 0 bridgehead atoms. The van der Waals surface area contributed by atoms with E-state index in [0.717, 1.165) is 30.8 Å². The fourth-order valence-corrected chi connectivity index (χ4v) is 3.91. The van der Waals surface area contributed by atoms with Crippen LogP contribution in [0.1, 0.15) is 61.9 Å². The summed E-state index contributed by atoms with van der Waals surface area (Å²) in [6.45, 7) is 5.44. The van der Waals surface area contributed by atoms with E-state index in [0.29, 0.717) is 0 Å². The third-order valence-electron chi connectivity index (χ3n) is 5.48. The number of aliphatic hydroxyl groups excluding tert-OH is 1. The van der Waals surface area contributed by atoms with Gasteiger partial charge in [0.05, 0.1) is 11.0 Å². The SMILES string of the molecule is Cc1cc2nc(CCC3CCCCC3)n(CCCO)c2cc1C. The highest BCUT2D eigenvalue weighted by Gasteiger charge is 2.16. The molecule has 1 aliphatic carbocycles. The molecular formula is C20H30N2O. The normalized spacial score (nSPS) is 16.3. The molecule has 2 aromatic rings. The van der Waals surface area contributed by atoms with Gasteiger partial charge in [0.2, 0.25) is 0 Å². The van der Waals surface area contributed by atoms with Gasteiger partial charge >= 0.3 is 0 Å². The molecule has 1 saturated carbocycles. The minimum atomic E-state index is 0.243. The summed E-state index contributed by atoms with van der Waals surface area (Å²) in [7, 11) is 0. The average Bonchev–Trinajstić information content (AvgIpc) is 2.89. The van der Waals surface area contributed by atoms with Crippen molar-refractivity contribution in [3.8, 4) is 0 Å². The monoisotopic (exact) mass is 314 g/mol. The number of benzene rings is 1. The van der Waals surface area contributed by atoms with E-state index in [9.17, 15) is 5.11 Å². The molecule has 1 aromatic heterocycles. The van der Waals surface area contributed by atoms with Gasteiger partial charge < -0.3 is 9.67 Å². The molecule has 0 saturated heterocycles. The summed E-state index contributed by atoms with van der Waals surface area (Å²) in [6, 6.07) is 4.48. The number of nitrogens with zero attached hydrogens (tertiary/aromatic N) is 2. The highest BCUT2D eigenvalue weighted by atomic mass is 16.3. The maximum Gasteiger partial charge on any atom is 0.109 e. The molecule has 1 aromatic carbocycles. The first-order valence-electron chi connectivity index (χ1n) is 9.26. The van der Waals surface area contributed by atoms with Crippen molar-refractivity contribution in [1.82, 2.24) is 9.55 Å². The van der Waals surface area contributed by atoms with E-state index in [2.05, 4.69) is 30.5 Å². The lowest BCUT2D eigenvalue weighted by Gasteiger charge is -2.21. The van der Waals surface area contributed by atoms with Gasteiger partial charge in [-0.25, -0.2) is 4.98 Å². The summed E-state index contributed by atoms with van der Waals surface area (Å²) in [6.07, 6.45) is 10.2. The zero-order valence-corrected chi connectivity index (χ0v) is 14.6. The van der Waals surface area contributed by atoms with Crippen LogP contribution >= 0.6 is 0 Å². The van der Waals surface area contributed by atoms with Crippen molar-refractivity contribution in [3.05, 3.63) is 29.1 Å². The minimum Gasteiger partial charge on any atom is -0.396 e. The van der Waals surface area contributed by atoms with Crippen LogP contribution in [0.2, 0.25) is 0 Å². The molecule has 23 heavy (non-hydrogen) atoms. The summed E-state index contributed by atoms with van der Waals surface area (Å²) in [5, 5.41) is 9.23. The van der Waals surface area contributed by atoms with Crippen molar-refractivity contribution in [2.45, 2.75) is 71.8 Å². The Labute approximate surface area is 139 Å². The van der Waals surface area contributed by atoms with Crippen molar-refractivity contribution in [2.75, 3.05) is 6.61 Å². The summed E-state index contributed by atoms with van der Waals surface area (Å²) in [5.41, 5.74) is 4.98. The fraction of sp³-hybridized carbons (Fsp3) is 0.650. The van der Waals surface area contributed by atoms with Crippen LogP contribution in [0, 0.1) is 19.8 Å². The van der Waals surface area contributed by atoms with Crippen LogP contribution < -0.4 is 0 Å². The zero-order chi connectivity index (χ0) is 16.2. The highest BCUT2D eigenvalue weighted by molar-refractivity contribution is 5.78. The Hall–Kier alpha value is -1.35. The lowest BCUT2D eigenvalue weighted by molar-refractivity contribution is 0.279. The molecule has 1 fully saturated rings. The number of imidazole rings is 1. The van der Waals surface area contributed by atoms with E-state index in [1.807, 2.05) is 0 Å². The fourth-order valence-electron chi connectivity index (χ4n) is 3.91. The maximum absolute atomic E-state index is 9.23. The Balaban J connectivity index is 1.84. The Morgan fingerprint density at radius 3 is 2.61 bits per heavy atom. The molecule has 0 unspecified atom stereocenters. The summed E-state index contributed by atoms with van der Waals surface area (Å²) in [4.78, 5) is 4.93. The summed E-state index contributed by atoms with van der Waals surface area (Å²) >= 11 is 0. The van der Waals surface area contributed by atoms with E-state index in [1.165, 1.54) is 61.0 Å². The molecule has 0 spiro atoms. The molecule has 126 valence electrons. The number of fused-ring (bicyclic) bond motifs is 1. The minimum absolute atomic E-state index is 0.243. The zero-order valence-electron chi connectivity index (χ0n) is 14.6. The molecule has 3 rings (SSSR count). The number of hydrogen-bond donors (Lipinski definition) is 1. The number of aliphatic hydroxyl groups is 1. The van der Waals surface area contributed by atoms with Crippen LogP contribution in [0.4, 0.5) is 0 Å². The van der Waals surface area contributed by atoms with E-state index < -0.39 is 0 Å². The number of aromatic nitrogens is 2. The lowest BCUT2D eigenvalue weighted by Crippen LogP contribution is -2.11. The Morgan fingerprint density at radius 2 is 1.87 bits per heavy atom. The molecule has 3 heteroatoms. The highest BCUT2D eigenvalue weighted by Crippen LogP contribution is 2.28. The summed E-state index contributed by atoms with van der Waals surface area (Å²) < 4.78 is 2.35. The largest absolute Gasteiger partial charge is 0.396 e. The third-order valence-corrected chi connectivity index (χ3v) is 5.48. The number of rotatable bonds is 6. The van der Waals surface area contributed by atoms with Crippen LogP contribution in [0.15, 0.2) is 12.1 Å². The standard InChI is InChI=1S/C20H30N2O/c1-15-13-18-19(14-16(15)2)22(11-6-12-23)20(21-18)10-9-17-7-4-3-5-8-17/h13-14,17,23H,3-12H2,1-2H3. The van der Waals surface area contributed by atoms with Gasteiger partial charge in [-0.2, -0.15) is 0 Å². The molecule has 1 heterocycles. The summed E-state index contributed by atoms with van der Waals surface area (Å²) in [5.74, 6) is 2.10. The predicted octanol–water partition coefficient (Wildman–Crippen LogP) is 4.55. The van der Waals surface area contributed by atoms with E-state index in [1.54, 1.807) is 0 Å². The van der Waals surface area contributed by atoms with Gasteiger partial charge in [-0.3, -0.25) is 0 Å². The first kappa shape index (κ1) is 16.5. The van der Waals surface area contributed by atoms with Crippen LogP contribution in [0.5, 0.6) is 0 Å². The van der Waals surface area contributed by atoms with Gasteiger partial charge in [0.25, 0.3) is 0 Å². The molecule has 0 radical (unpaired) electrons. The topological polar surface area (TPSA) is 38.0 Å². The van der Waals surface area contributed by atoms with Crippen LogP contribution in [-0.2, 0) is 13.0 Å². The van der Waals surface area contributed by atoms with E-state index >= 15 is 0 Å². The Morgan fingerprint density at radius 1 is 1.13 bits per heavy atom. The van der Waals surface area contributed by atoms with Crippen molar-refractivity contribution in [1.29, 1.82) is 0 Å². The Bertz CT molecular complexity index is 653. The van der Waals surface area contributed by atoms with Gasteiger partial charge in [-0.15, -0.1) is 0 Å². The first-order valence-corrected chi connectivity index (χ1v) is 9.26. The quantitative estimate of drug-likeness (QED) is 0.849. The van der Waals surface area contributed by atoms with Gasteiger partial charge in [-0.05, 0) is 55.9 Å². The molecule has 0 aliphatic heterocycles. The van der Waals surface area contributed by atoms with Crippen LogP contribution in [-0.4, -0.2) is 21.3 Å². The van der Waals surface area contributed by atoms with E-state index in [-0.39, 0.29) is 6.61 Å². The number of hydrogen-bond acceptors (Lipinski definition) is 2. The smallest absolute Gasteiger partial charge is 0.109 e. The third kappa shape index (κ3) is 3.77. The van der Waals surface area contributed by atoms with Gasteiger partial charge in [0, 0.05) is 19.6 Å². The van der Waals surface area contributed by atoms with Gasteiger partial charge in [0.1, 0.15) is 5.82 Å². The van der Waals surface area contributed by atoms with Crippen LogP contribution in [0.25, 0.3) is 11.0 Å². The second-order valence-electron chi connectivity index (χ2n) is 7.22. The molecule has 1 aliphatic rings. The molecular weight excluding hydrogens is 284 g/mol. The second-order valence-corrected chi connectivity index (χ2v) is 7.22. The Kier molecular flexibility index (Phi) is 5.37. The average molecular weight is 314 g/mol. The first-order chi connectivity index (χ1) is 11.2. The molecule has 3 nitrogen and oxygen atoms in total. The maximum atomic E-state index is 9.23. The number of aryl methyl sites for hydroxylation is 4. The molecule has 0 amide bonds. The second kappa shape index (κ2) is 7.48. The van der Waals surface area contributed by atoms with Crippen molar-refractivity contribution < 1.29 is 5.11 Å². The van der Waals surface area contributed by atoms with E-state index in [4.69, 9.17) is 4.98 Å².